The molecule has 4 heteroatoms. The van der Waals surface area contributed by atoms with E-state index in [9.17, 15) is 0 Å². The Morgan fingerprint density at radius 1 is 1.33 bits per heavy atom. The number of rotatable bonds is 2. The molecule has 2 N–H and O–H groups in total. The van der Waals surface area contributed by atoms with E-state index in [0.29, 0.717) is 0 Å². The molecule has 0 spiro atoms. The van der Waals surface area contributed by atoms with Gasteiger partial charge in [-0.1, -0.05) is 35.1 Å². The highest BCUT2D eigenvalue weighted by Crippen LogP contribution is 2.26. The summed E-state index contributed by atoms with van der Waals surface area (Å²) in [7, 11) is 0. The molecule has 1 atom stereocenters. The van der Waals surface area contributed by atoms with Crippen molar-refractivity contribution in [2.24, 2.45) is 5.73 Å². The van der Waals surface area contributed by atoms with Crippen LogP contribution < -0.4 is 5.73 Å². The van der Waals surface area contributed by atoms with E-state index in [-0.39, 0.29) is 6.04 Å². The second kappa shape index (κ2) is 4.08. The molecule has 0 aliphatic heterocycles. The lowest BCUT2D eigenvalue weighted by atomic mass is 10.1. The quantitative estimate of drug-likeness (QED) is 0.844. The predicted octanol–water partition coefficient (Wildman–Crippen LogP) is 2.53. The lowest BCUT2D eigenvalue weighted by Gasteiger charge is -1.97. The highest BCUT2D eigenvalue weighted by Gasteiger charge is 2.09. The summed E-state index contributed by atoms with van der Waals surface area (Å²) in [5, 5.41) is 10.0. The van der Waals surface area contributed by atoms with E-state index in [1.54, 1.807) is 11.3 Å². The molecule has 1 unspecified atom stereocenters. The summed E-state index contributed by atoms with van der Waals surface area (Å²) in [6.07, 6.45) is 0. The third-order valence-electron chi connectivity index (χ3n) is 2.10. The lowest BCUT2D eigenvalue weighted by Crippen LogP contribution is -2.03. The van der Waals surface area contributed by atoms with E-state index in [1.807, 2.05) is 19.1 Å². The van der Waals surface area contributed by atoms with E-state index in [0.717, 1.165) is 15.6 Å². The van der Waals surface area contributed by atoms with Gasteiger partial charge in [-0.2, -0.15) is 0 Å². The molecular formula is C11H13N3S. The predicted molar refractivity (Wildman–Crippen MR) is 62.7 cm³/mol. The summed E-state index contributed by atoms with van der Waals surface area (Å²) in [6, 6.07) is 8.19. The van der Waals surface area contributed by atoms with E-state index in [4.69, 9.17) is 5.73 Å². The van der Waals surface area contributed by atoms with Crippen molar-refractivity contribution in [3.05, 3.63) is 34.8 Å². The van der Waals surface area contributed by atoms with Crippen LogP contribution in [0.25, 0.3) is 10.6 Å². The molecule has 0 aliphatic carbocycles. The fourth-order valence-corrected chi connectivity index (χ4v) is 2.11. The highest BCUT2D eigenvalue weighted by molar-refractivity contribution is 7.14. The molecule has 1 aromatic carbocycles. The first-order chi connectivity index (χ1) is 7.16. The van der Waals surface area contributed by atoms with Gasteiger partial charge in [0, 0.05) is 5.56 Å². The van der Waals surface area contributed by atoms with Gasteiger partial charge in [-0.15, -0.1) is 10.2 Å². The van der Waals surface area contributed by atoms with Crippen LogP contribution in [-0.2, 0) is 0 Å². The normalized spacial score (nSPS) is 12.7. The number of aromatic nitrogens is 2. The van der Waals surface area contributed by atoms with Gasteiger partial charge in [0.25, 0.3) is 0 Å². The molecule has 0 amide bonds. The number of hydrogen-bond acceptors (Lipinski definition) is 4. The van der Waals surface area contributed by atoms with Gasteiger partial charge in [-0.3, -0.25) is 0 Å². The average Bonchev–Trinajstić information content (AvgIpc) is 2.66. The van der Waals surface area contributed by atoms with E-state index in [1.165, 1.54) is 5.56 Å². The Morgan fingerprint density at radius 2 is 2.13 bits per heavy atom. The van der Waals surface area contributed by atoms with Gasteiger partial charge in [-0.25, -0.2) is 0 Å². The molecule has 0 radical (unpaired) electrons. The summed E-state index contributed by atoms with van der Waals surface area (Å²) < 4.78 is 0. The molecule has 0 bridgehead atoms. The van der Waals surface area contributed by atoms with Crippen molar-refractivity contribution >= 4 is 11.3 Å². The topological polar surface area (TPSA) is 51.8 Å². The van der Waals surface area contributed by atoms with Gasteiger partial charge >= 0.3 is 0 Å². The first kappa shape index (κ1) is 10.3. The molecule has 0 aliphatic rings. The van der Waals surface area contributed by atoms with Gasteiger partial charge in [0.2, 0.25) is 0 Å². The van der Waals surface area contributed by atoms with Crippen LogP contribution in [-0.4, -0.2) is 10.2 Å². The summed E-state index contributed by atoms with van der Waals surface area (Å²) in [6.45, 7) is 3.98. The van der Waals surface area contributed by atoms with E-state index >= 15 is 0 Å². The number of hydrogen-bond donors (Lipinski definition) is 1. The molecule has 3 nitrogen and oxygen atoms in total. The van der Waals surface area contributed by atoms with Crippen LogP contribution in [0, 0.1) is 6.92 Å². The minimum atomic E-state index is -0.0407. The Balaban J connectivity index is 2.37. The molecule has 0 saturated carbocycles. The molecule has 2 aromatic rings. The van der Waals surface area contributed by atoms with Crippen molar-refractivity contribution < 1.29 is 0 Å². The van der Waals surface area contributed by atoms with Crippen LogP contribution in [0.15, 0.2) is 24.3 Å². The summed E-state index contributed by atoms with van der Waals surface area (Å²) >= 11 is 1.56. The molecule has 1 aromatic heterocycles. The number of benzene rings is 1. The zero-order valence-corrected chi connectivity index (χ0v) is 9.58. The maximum atomic E-state index is 5.74. The third kappa shape index (κ3) is 2.22. The van der Waals surface area contributed by atoms with E-state index < -0.39 is 0 Å². The highest BCUT2D eigenvalue weighted by atomic mass is 32.1. The molecule has 78 valence electrons. The van der Waals surface area contributed by atoms with Gasteiger partial charge in [0.1, 0.15) is 10.0 Å². The minimum absolute atomic E-state index is 0.0407. The molecule has 0 fully saturated rings. The Morgan fingerprint density at radius 3 is 2.73 bits per heavy atom. The number of aryl methyl sites for hydroxylation is 1. The Bertz CT molecular complexity index is 462. The van der Waals surface area contributed by atoms with Crippen molar-refractivity contribution in [2.75, 3.05) is 0 Å². The number of nitrogens with zero attached hydrogens (tertiary/aromatic N) is 2. The molecule has 1 heterocycles. The van der Waals surface area contributed by atoms with Gasteiger partial charge in [0.05, 0.1) is 6.04 Å². The van der Waals surface area contributed by atoms with Crippen LogP contribution in [0.4, 0.5) is 0 Å². The maximum absolute atomic E-state index is 5.74. The zero-order valence-electron chi connectivity index (χ0n) is 8.77. The molecule has 15 heavy (non-hydrogen) atoms. The lowest BCUT2D eigenvalue weighted by molar-refractivity contribution is 0.786. The maximum Gasteiger partial charge on any atom is 0.147 e. The van der Waals surface area contributed by atoms with Crippen LogP contribution >= 0.6 is 11.3 Å². The van der Waals surface area contributed by atoms with Crippen molar-refractivity contribution in [3.63, 3.8) is 0 Å². The van der Waals surface area contributed by atoms with Gasteiger partial charge in [-0.05, 0) is 19.9 Å². The van der Waals surface area contributed by atoms with E-state index in [2.05, 4.69) is 29.3 Å². The summed E-state index contributed by atoms with van der Waals surface area (Å²) in [5.41, 5.74) is 8.08. The van der Waals surface area contributed by atoms with Gasteiger partial charge < -0.3 is 5.73 Å². The number of nitrogens with two attached hydrogens (primary N) is 1. The first-order valence-electron chi connectivity index (χ1n) is 4.83. The minimum Gasteiger partial charge on any atom is -0.322 e. The zero-order chi connectivity index (χ0) is 10.8. The largest absolute Gasteiger partial charge is 0.322 e. The fraction of sp³-hybridized carbons (Fsp3) is 0.273. The second-order valence-electron chi connectivity index (χ2n) is 3.60. The SMILES string of the molecule is Cc1cccc(-c2nnc(C(C)N)s2)c1. The molecule has 2 rings (SSSR count). The molecule has 0 saturated heterocycles. The van der Waals surface area contributed by atoms with Crippen LogP contribution in [0.1, 0.15) is 23.5 Å². The van der Waals surface area contributed by atoms with Crippen molar-refractivity contribution in [3.8, 4) is 10.6 Å². The third-order valence-corrected chi connectivity index (χ3v) is 3.27. The Hall–Kier alpha value is -1.26. The average molecular weight is 219 g/mol. The summed E-state index contributed by atoms with van der Waals surface area (Å²) in [5.74, 6) is 0. The fourth-order valence-electron chi connectivity index (χ4n) is 1.31. The Kier molecular flexibility index (Phi) is 2.79. The smallest absolute Gasteiger partial charge is 0.147 e. The molecular weight excluding hydrogens is 206 g/mol. The Labute approximate surface area is 93.0 Å². The van der Waals surface area contributed by atoms with Crippen molar-refractivity contribution in [1.29, 1.82) is 0 Å². The van der Waals surface area contributed by atoms with Crippen LogP contribution in [0.2, 0.25) is 0 Å². The van der Waals surface area contributed by atoms with Crippen LogP contribution in [0.3, 0.4) is 0 Å². The van der Waals surface area contributed by atoms with Crippen LogP contribution in [0.5, 0.6) is 0 Å². The van der Waals surface area contributed by atoms with Crippen molar-refractivity contribution in [2.45, 2.75) is 19.9 Å². The van der Waals surface area contributed by atoms with Crippen molar-refractivity contribution in [1.82, 2.24) is 10.2 Å². The second-order valence-corrected chi connectivity index (χ2v) is 4.61. The monoisotopic (exact) mass is 219 g/mol. The summed E-state index contributed by atoms with van der Waals surface area (Å²) in [4.78, 5) is 0. The van der Waals surface area contributed by atoms with Gasteiger partial charge in [0.15, 0.2) is 0 Å². The standard InChI is InChI=1S/C11H13N3S/c1-7-4-3-5-9(6-7)11-14-13-10(15-11)8(2)12/h3-6,8H,12H2,1-2H3. The first-order valence-corrected chi connectivity index (χ1v) is 5.64.